The molecule has 4 N–H and O–H groups in total. The van der Waals surface area contributed by atoms with Gasteiger partial charge >= 0.3 is 16.2 Å². The molecule has 0 aliphatic carbocycles. The van der Waals surface area contributed by atoms with E-state index in [9.17, 15) is 13.2 Å². The van der Waals surface area contributed by atoms with Gasteiger partial charge in [-0.1, -0.05) is 30.8 Å². The van der Waals surface area contributed by atoms with E-state index >= 15 is 0 Å². The first kappa shape index (κ1) is 19.2. The summed E-state index contributed by atoms with van der Waals surface area (Å²) in [6, 6.07) is 9.30. The summed E-state index contributed by atoms with van der Waals surface area (Å²) in [4.78, 5) is 17.3. The number of nitrogens with two attached hydrogens (primary N) is 1. The molecule has 2 heterocycles. The fourth-order valence-corrected chi connectivity index (χ4v) is 3.98. The third-order valence-electron chi connectivity index (χ3n) is 4.56. The van der Waals surface area contributed by atoms with E-state index in [0.717, 1.165) is 37.1 Å². The van der Waals surface area contributed by atoms with Gasteiger partial charge in [0.25, 0.3) is 0 Å². The van der Waals surface area contributed by atoms with Crippen molar-refractivity contribution in [3.63, 3.8) is 0 Å². The Kier molecular flexibility index (Phi) is 5.64. The van der Waals surface area contributed by atoms with Crippen LogP contribution in [0.2, 0.25) is 0 Å². The Labute approximate surface area is 158 Å². The van der Waals surface area contributed by atoms with E-state index in [1.807, 2.05) is 24.3 Å². The van der Waals surface area contributed by atoms with Crippen molar-refractivity contribution in [2.24, 2.45) is 5.14 Å². The largest absolute Gasteiger partial charge is 0.380 e. The number of hydrogen-bond donors (Lipinski definition) is 3. The second-order valence-electron chi connectivity index (χ2n) is 6.28. The second-order valence-corrected chi connectivity index (χ2v) is 7.70. The summed E-state index contributed by atoms with van der Waals surface area (Å²) in [5, 5.41) is 8.58. The van der Waals surface area contributed by atoms with Gasteiger partial charge in [-0.25, -0.2) is 19.4 Å². The first-order chi connectivity index (χ1) is 12.9. The zero-order chi connectivity index (χ0) is 19.4. The number of carbonyl (C=O) groups is 1. The molecule has 1 fully saturated rings. The topological polar surface area (TPSA) is 115 Å². The van der Waals surface area contributed by atoms with Crippen LogP contribution in [-0.2, 0) is 15.0 Å². The van der Waals surface area contributed by atoms with Crippen molar-refractivity contribution in [3.05, 3.63) is 60.6 Å². The summed E-state index contributed by atoms with van der Waals surface area (Å²) in [5.74, 6) is -0.458. The van der Waals surface area contributed by atoms with Gasteiger partial charge in [0.2, 0.25) is 0 Å². The number of nitrogens with zero attached hydrogens (tertiary/aromatic N) is 1. The van der Waals surface area contributed by atoms with E-state index in [1.54, 1.807) is 0 Å². The standard InChI is InChI=1S/C18H22N4O4S/c1-2-21-26-18(23)17-16(8-11-22(17)27(19,24)25)15-5-3-4-14(12-15)13-6-9-20-10-7-13/h2-5,8,11-13,20-21H,1,6-7,9-10H2,(H2,19,24,25). The molecule has 1 aliphatic heterocycles. The molecule has 1 aromatic heterocycles. The van der Waals surface area contributed by atoms with Crippen LogP contribution in [0.1, 0.15) is 34.8 Å². The summed E-state index contributed by atoms with van der Waals surface area (Å²) in [6.45, 7) is 5.31. The molecule has 0 atom stereocenters. The maximum atomic E-state index is 12.4. The van der Waals surface area contributed by atoms with Crippen molar-refractivity contribution in [2.75, 3.05) is 13.1 Å². The molecule has 8 nitrogen and oxygen atoms in total. The fourth-order valence-electron chi connectivity index (χ4n) is 3.32. The van der Waals surface area contributed by atoms with Crippen LogP contribution in [0.15, 0.2) is 49.3 Å². The Morgan fingerprint density at radius 1 is 1.33 bits per heavy atom. The third kappa shape index (κ3) is 4.21. The summed E-state index contributed by atoms with van der Waals surface area (Å²) in [6.07, 6.45) is 4.46. The summed E-state index contributed by atoms with van der Waals surface area (Å²) < 4.78 is 24.5. The number of rotatable bonds is 6. The zero-order valence-electron chi connectivity index (χ0n) is 14.7. The van der Waals surface area contributed by atoms with E-state index in [-0.39, 0.29) is 5.69 Å². The number of hydrogen-bond acceptors (Lipinski definition) is 6. The second kappa shape index (κ2) is 7.95. The highest BCUT2D eigenvalue weighted by molar-refractivity contribution is 7.87. The van der Waals surface area contributed by atoms with Crippen LogP contribution in [0.25, 0.3) is 11.1 Å². The number of piperidine rings is 1. The molecule has 1 aromatic carbocycles. The lowest BCUT2D eigenvalue weighted by atomic mass is 9.88. The molecule has 1 aliphatic rings. The number of hydroxylamine groups is 1. The van der Waals surface area contributed by atoms with Crippen molar-refractivity contribution in [2.45, 2.75) is 18.8 Å². The van der Waals surface area contributed by atoms with Gasteiger partial charge in [-0.05, 0) is 49.0 Å². The van der Waals surface area contributed by atoms with Gasteiger partial charge in [0, 0.05) is 18.0 Å². The van der Waals surface area contributed by atoms with Gasteiger partial charge in [-0.15, -0.1) is 0 Å². The Morgan fingerprint density at radius 2 is 2.07 bits per heavy atom. The first-order valence-corrected chi connectivity index (χ1v) is 10.1. The van der Waals surface area contributed by atoms with Crippen LogP contribution in [-0.4, -0.2) is 31.4 Å². The van der Waals surface area contributed by atoms with Crippen LogP contribution in [0, 0.1) is 0 Å². The smallest absolute Gasteiger partial charge is 0.337 e. The first-order valence-electron chi connectivity index (χ1n) is 8.55. The SMILES string of the molecule is C=CNOC(=O)c1c(-c2cccc(C3CCNCC3)c2)ccn1S(N)(=O)=O. The van der Waals surface area contributed by atoms with Gasteiger partial charge in [0.15, 0.2) is 5.69 Å². The fraction of sp³-hybridized carbons (Fsp3) is 0.278. The number of nitrogens with one attached hydrogen (secondary N) is 2. The van der Waals surface area contributed by atoms with Crippen molar-refractivity contribution in [3.8, 4) is 11.1 Å². The molecule has 2 aromatic rings. The van der Waals surface area contributed by atoms with Crippen LogP contribution < -0.4 is 15.9 Å². The third-order valence-corrected chi connectivity index (χ3v) is 5.42. The van der Waals surface area contributed by atoms with E-state index in [0.29, 0.717) is 15.5 Å². The highest BCUT2D eigenvalue weighted by Gasteiger charge is 2.25. The van der Waals surface area contributed by atoms with Gasteiger partial charge in [0.1, 0.15) is 0 Å². The number of benzene rings is 1. The van der Waals surface area contributed by atoms with Gasteiger partial charge in [-0.2, -0.15) is 8.42 Å². The van der Waals surface area contributed by atoms with Crippen LogP contribution >= 0.6 is 0 Å². The Balaban J connectivity index is 2.04. The maximum absolute atomic E-state index is 12.4. The highest BCUT2D eigenvalue weighted by atomic mass is 32.2. The minimum atomic E-state index is -4.17. The minimum absolute atomic E-state index is 0.172. The molecule has 0 amide bonds. The zero-order valence-corrected chi connectivity index (χ0v) is 15.5. The monoisotopic (exact) mass is 390 g/mol. The molecule has 9 heteroatoms. The molecule has 3 rings (SSSR count). The molecule has 0 spiro atoms. The molecule has 1 saturated heterocycles. The predicted octanol–water partition coefficient (Wildman–Crippen LogP) is 1.48. The molecule has 0 bridgehead atoms. The lowest BCUT2D eigenvalue weighted by Gasteiger charge is -2.23. The normalized spacial score (nSPS) is 15.3. The molecule has 0 saturated carbocycles. The Bertz CT molecular complexity index is 946. The van der Waals surface area contributed by atoms with E-state index in [2.05, 4.69) is 17.4 Å². The maximum Gasteiger partial charge on any atom is 0.380 e. The van der Waals surface area contributed by atoms with Crippen LogP contribution in [0.3, 0.4) is 0 Å². The minimum Gasteiger partial charge on any atom is -0.337 e. The quantitative estimate of drug-likeness (QED) is 0.644. The van der Waals surface area contributed by atoms with E-state index in [1.165, 1.54) is 18.5 Å². The van der Waals surface area contributed by atoms with Crippen LogP contribution in [0.4, 0.5) is 0 Å². The molecular formula is C18H22N4O4S. The lowest BCUT2D eigenvalue weighted by Crippen LogP contribution is -2.27. The summed E-state index contributed by atoms with van der Waals surface area (Å²) >= 11 is 0. The average molecular weight is 390 g/mol. The van der Waals surface area contributed by atoms with Crippen LogP contribution in [0.5, 0.6) is 0 Å². The van der Waals surface area contributed by atoms with Gasteiger partial charge in [0.05, 0.1) is 0 Å². The van der Waals surface area contributed by atoms with Crippen molar-refractivity contribution < 1.29 is 18.0 Å². The van der Waals surface area contributed by atoms with Crippen molar-refractivity contribution in [1.29, 1.82) is 0 Å². The predicted molar refractivity (Wildman–Crippen MR) is 102 cm³/mol. The van der Waals surface area contributed by atoms with E-state index in [4.69, 9.17) is 9.98 Å². The molecule has 144 valence electrons. The Hall–Kier alpha value is -2.62. The van der Waals surface area contributed by atoms with E-state index < -0.39 is 16.2 Å². The van der Waals surface area contributed by atoms with Crippen molar-refractivity contribution >= 4 is 16.2 Å². The lowest BCUT2D eigenvalue weighted by molar-refractivity contribution is 0.0342. The van der Waals surface area contributed by atoms with Crippen molar-refractivity contribution in [1.82, 2.24) is 14.8 Å². The van der Waals surface area contributed by atoms with Gasteiger partial charge < -0.3 is 10.2 Å². The average Bonchev–Trinajstić information content (AvgIpc) is 3.13. The highest BCUT2D eigenvalue weighted by Crippen LogP contribution is 2.31. The molecule has 0 unspecified atom stereocenters. The number of carbonyl (C=O) groups excluding carboxylic acids is 1. The molecular weight excluding hydrogens is 368 g/mol. The summed E-state index contributed by atoms with van der Waals surface area (Å²) in [7, 11) is -4.17. The molecule has 0 radical (unpaired) electrons. The molecule has 27 heavy (non-hydrogen) atoms. The number of aromatic nitrogens is 1. The Morgan fingerprint density at radius 3 is 2.74 bits per heavy atom. The van der Waals surface area contributed by atoms with Gasteiger partial charge in [-0.3, -0.25) is 0 Å². The summed E-state index contributed by atoms with van der Waals surface area (Å²) in [5.41, 5.74) is 4.34.